The SMILES string of the molecule is Cc1ccn(-c2cc(CN3CCC(N)C(C)C3)cc(NC(=O)c3ccc(C)c(Oc4ccc(C)nc4)c3)c2)c1. The number of rotatable bonds is 7. The zero-order chi connectivity index (χ0) is 27.5. The summed E-state index contributed by atoms with van der Waals surface area (Å²) in [6.45, 7) is 10.9. The average molecular weight is 524 g/mol. The zero-order valence-electron chi connectivity index (χ0n) is 23.1. The molecule has 4 aromatic rings. The van der Waals surface area contributed by atoms with E-state index in [0.29, 0.717) is 23.0 Å². The molecule has 0 radical (unpaired) electrons. The molecule has 5 rings (SSSR count). The molecule has 2 atom stereocenters. The molecule has 0 saturated carbocycles. The van der Waals surface area contributed by atoms with Crippen LogP contribution in [0.25, 0.3) is 5.69 Å². The minimum absolute atomic E-state index is 0.189. The highest BCUT2D eigenvalue weighted by atomic mass is 16.5. The fourth-order valence-corrected chi connectivity index (χ4v) is 5.00. The first-order valence-electron chi connectivity index (χ1n) is 13.5. The predicted molar refractivity (Wildman–Crippen MR) is 156 cm³/mol. The third kappa shape index (κ3) is 6.56. The maximum absolute atomic E-state index is 13.4. The normalized spacial score (nSPS) is 17.7. The number of hydrogen-bond acceptors (Lipinski definition) is 5. The van der Waals surface area contributed by atoms with Crippen LogP contribution in [0.1, 0.15) is 46.1 Å². The summed E-state index contributed by atoms with van der Waals surface area (Å²) in [4.78, 5) is 20.1. The number of nitrogens with zero attached hydrogens (tertiary/aromatic N) is 3. The van der Waals surface area contributed by atoms with Crippen molar-refractivity contribution in [1.29, 1.82) is 0 Å². The van der Waals surface area contributed by atoms with Crippen molar-refractivity contribution in [3.8, 4) is 17.2 Å². The van der Waals surface area contributed by atoms with Gasteiger partial charge >= 0.3 is 0 Å². The summed E-state index contributed by atoms with van der Waals surface area (Å²) >= 11 is 0. The lowest BCUT2D eigenvalue weighted by atomic mass is 9.94. The molecule has 2 unspecified atom stereocenters. The molecule has 39 heavy (non-hydrogen) atoms. The first kappa shape index (κ1) is 26.7. The second kappa shape index (κ2) is 11.4. The van der Waals surface area contributed by atoms with Crippen LogP contribution in [0.3, 0.4) is 0 Å². The van der Waals surface area contributed by atoms with E-state index in [1.165, 1.54) is 5.56 Å². The van der Waals surface area contributed by atoms with Crippen molar-refractivity contribution in [2.75, 3.05) is 18.4 Å². The van der Waals surface area contributed by atoms with E-state index in [1.54, 1.807) is 12.3 Å². The van der Waals surface area contributed by atoms with E-state index < -0.39 is 0 Å². The van der Waals surface area contributed by atoms with Gasteiger partial charge in [-0.1, -0.05) is 13.0 Å². The lowest BCUT2D eigenvalue weighted by molar-refractivity contribution is 0.102. The Morgan fingerprint density at radius 1 is 1.10 bits per heavy atom. The van der Waals surface area contributed by atoms with E-state index in [2.05, 4.69) is 58.0 Å². The molecule has 202 valence electrons. The third-order valence-corrected chi connectivity index (χ3v) is 7.40. The van der Waals surface area contributed by atoms with Gasteiger partial charge in [0, 0.05) is 54.2 Å². The number of amides is 1. The monoisotopic (exact) mass is 523 g/mol. The van der Waals surface area contributed by atoms with Gasteiger partial charge in [0.05, 0.1) is 6.20 Å². The highest BCUT2D eigenvalue weighted by Gasteiger charge is 2.23. The fraction of sp³-hybridized carbons (Fsp3) is 0.312. The largest absolute Gasteiger partial charge is 0.455 e. The highest BCUT2D eigenvalue weighted by Crippen LogP contribution is 2.27. The number of nitrogens with one attached hydrogen (secondary N) is 1. The van der Waals surface area contributed by atoms with Crippen LogP contribution >= 0.6 is 0 Å². The van der Waals surface area contributed by atoms with Crippen molar-refractivity contribution in [3.63, 3.8) is 0 Å². The Morgan fingerprint density at radius 3 is 2.67 bits per heavy atom. The molecule has 0 aliphatic carbocycles. The number of piperidine rings is 1. The highest BCUT2D eigenvalue weighted by molar-refractivity contribution is 6.04. The van der Waals surface area contributed by atoms with E-state index in [-0.39, 0.29) is 11.9 Å². The van der Waals surface area contributed by atoms with Gasteiger partial charge in [0.15, 0.2) is 0 Å². The Morgan fingerprint density at radius 2 is 1.95 bits per heavy atom. The van der Waals surface area contributed by atoms with Crippen LogP contribution in [0.15, 0.2) is 73.2 Å². The summed E-state index contributed by atoms with van der Waals surface area (Å²) in [7, 11) is 0. The Kier molecular flexibility index (Phi) is 7.82. The number of aromatic nitrogens is 2. The topological polar surface area (TPSA) is 85.4 Å². The number of nitrogens with two attached hydrogens (primary N) is 1. The van der Waals surface area contributed by atoms with Gasteiger partial charge in [-0.05, 0) is 105 Å². The first-order valence-corrected chi connectivity index (χ1v) is 13.5. The Bertz CT molecular complexity index is 1460. The molecule has 1 amide bonds. The molecule has 7 nitrogen and oxygen atoms in total. The van der Waals surface area contributed by atoms with Gasteiger partial charge in [0.25, 0.3) is 5.91 Å². The molecular formula is C32H37N5O2. The number of benzene rings is 2. The smallest absolute Gasteiger partial charge is 0.255 e. The Labute approximate surface area is 230 Å². The first-order chi connectivity index (χ1) is 18.7. The van der Waals surface area contributed by atoms with Crippen molar-refractivity contribution in [2.24, 2.45) is 11.7 Å². The molecule has 1 fully saturated rings. The van der Waals surface area contributed by atoms with Crippen molar-refractivity contribution in [1.82, 2.24) is 14.5 Å². The summed E-state index contributed by atoms with van der Waals surface area (Å²) in [6.07, 6.45) is 6.83. The summed E-state index contributed by atoms with van der Waals surface area (Å²) in [6, 6.07) is 17.9. The van der Waals surface area contributed by atoms with Crippen LogP contribution in [0.4, 0.5) is 5.69 Å². The van der Waals surface area contributed by atoms with Crippen LogP contribution in [0, 0.1) is 26.7 Å². The minimum atomic E-state index is -0.189. The minimum Gasteiger partial charge on any atom is -0.455 e. The second-order valence-electron chi connectivity index (χ2n) is 10.8. The van der Waals surface area contributed by atoms with Gasteiger partial charge < -0.3 is 20.4 Å². The molecule has 7 heteroatoms. The van der Waals surface area contributed by atoms with Gasteiger partial charge in [-0.25, -0.2) is 0 Å². The molecular weight excluding hydrogens is 486 g/mol. The lowest BCUT2D eigenvalue weighted by Gasteiger charge is -2.35. The molecule has 3 heterocycles. The molecule has 2 aromatic carbocycles. The maximum atomic E-state index is 13.4. The number of hydrogen-bond donors (Lipinski definition) is 2. The van der Waals surface area contributed by atoms with Gasteiger partial charge in [0.1, 0.15) is 11.5 Å². The van der Waals surface area contributed by atoms with Crippen LogP contribution in [-0.4, -0.2) is 39.5 Å². The zero-order valence-corrected chi connectivity index (χ0v) is 23.1. The number of pyridine rings is 1. The predicted octanol–water partition coefficient (Wildman–Crippen LogP) is 6.01. The van der Waals surface area contributed by atoms with Gasteiger partial charge in [-0.15, -0.1) is 0 Å². The molecule has 1 saturated heterocycles. The van der Waals surface area contributed by atoms with Crippen LogP contribution in [0.2, 0.25) is 0 Å². The van der Waals surface area contributed by atoms with E-state index in [0.717, 1.165) is 54.3 Å². The van der Waals surface area contributed by atoms with Crippen LogP contribution in [-0.2, 0) is 6.54 Å². The standard InChI is InChI=1S/C32H37N5O2/c1-21-9-12-37(18-21)28-14-25(20-36-11-10-30(33)23(3)19-36)13-27(16-28)35-32(38)26-7-5-22(2)31(15-26)39-29-8-6-24(4)34-17-29/h5-9,12-18,23,30H,10-11,19-20,33H2,1-4H3,(H,35,38). The summed E-state index contributed by atoms with van der Waals surface area (Å²) in [5.74, 6) is 1.53. The van der Waals surface area contributed by atoms with Crippen molar-refractivity contribution in [2.45, 2.75) is 46.7 Å². The summed E-state index contributed by atoms with van der Waals surface area (Å²) in [5, 5.41) is 3.13. The van der Waals surface area contributed by atoms with Crippen molar-refractivity contribution >= 4 is 11.6 Å². The number of carbonyl (C=O) groups is 1. The third-order valence-electron chi connectivity index (χ3n) is 7.40. The summed E-state index contributed by atoms with van der Waals surface area (Å²) in [5.41, 5.74) is 12.7. The molecule has 3 N–H and O–H groups in total. The number of aryl methyl sites for hydroxylation is 3. The van der Waals surface area contributed by atoms with E-state index in [4.69, 9.17) is 10.5 Å². The number of carbonyl (C=O) groups excluding carboxylic acids is 1. The van der Waals surface area contributed by atoms with E-state index in [1.807, 2.05) is 50.4 Å². The van der Waals surface area contributed by atoms with Gasteiger partial charge in [0.2, 0.25) is 0 Å². The quantitative estimate of drug-likeness (QED) is 0.310. The molecule has 2 aromatic heterocycles. The van der Waals surface area contributed by atoms with Crippen LogP contribution < -0.4 is 15.8 Å². The fourth-order valence-electron chi connectivity index (χ4n) is 5.00. The molecule has 0 spiro atoms. The van der Waals surface area contributed by atoms with Crippen molar-refractivity contribution in [3.05, 3.63) is 101 Å². The van der Waals surface area contributed by atoms with Crippen LogP contribution in [0.5, 0.6) is 11.5 Å². The Hall–Kier alpha value is -3.94. The maximum Gasteiger partial charge on any atom is 0.255 e. The number of likely N-dealkylation sites (tertiary alicyclic amines) is 1. The number of ether oxygens (including phenoxy) is 1. The Balaban J connectivity index is 1.39. The molecule has 1 aliphatic heterocycles. The molecule has 0 bridgehead atoms. The lowest BCUT2D eigenvalue weighted by Crippen LogP contribution is -2.45. The van der Waals surface area contributed by atoms with Gasteiger partial charge in [-0.2, -0.15) is 0 Å². The summed E-state index contributed by atoms with van der Waals surface area (Å²) < 4.78 is 8.14. The van der Waals surface area contributed by atoms with E-state index >= 15 is 0 Å². The average Bonchev–Trinajstić information content (AvgIpc) is 3.35. The number of anilines is 1. The second-order valence-corrected chi connectivity index (χ2v) is 10.8. The van der Waals surface area contributed by atoms with Crippen molar-refractivity contribution < 1.29 is 9.53 Å². The van der Waals surface area contributed by atoms with Gasteiger partial charge in [-0.3, -0.25) is 14.7 Å². The molecule has 1 aliphatic rings. The van der Waals surface area contributed by atoms with E-state index in [9.17, 15) is 4.79 Å².